The number of carbonyl (C=O) groups excluding carboxylic acids is 2. The summed E-state index contributed by atoms with van der Waals surface area (Å²) in [5.74, 6) is -0.251. The van der Waals surface area contributed by atoms with E-state index in [9.17, 15) is 19.5 Å². The number of nitrogens with one attached hydrogen (secondary N) is 1. The van der Waals surface area contributed by atoms with Crippen LogP contribution in [0.15, 0.2) is 72.8 Å². The van der Waals surface area contributed by atoms with E-state index in [0.717, 1.165) is 27.8 Å². The molecule has 3 aromatic rings. The van der Waals surface area contributed by atoms with Crippen LogP contribution in [0, 0.1) is 0 Å². The maximum absolute atomic E-state index is 12.0. The predicted octanol–water partition coefficient (Wildman–Crippen LogP) is 6.43. The first-order valence-corrected chi connectivity index (χ1v) is 12.8. The molecule has 0 aliphatic carbocycles. The number of Topliss-reactive ketones (excluding diaryl/α,β-unsaturated/α-hetero) is 1. The van der Waals surface area contributed by atoms with E-state index in [4.69, 9.17) is 4.74 Å². The molecule has 0 aromatic heterocycles. The number of carboxylic acid groups (broad SMARTS) is 1. The number of ketones is 1. The molecular weight excluding hydrogens is 474 g/mol. The van der Waals surface area contributed by atoms with Crippen LogP contribution in [0.2, 0.25) is 0 Å². The Kier molecular flexibility index (Phi) is 8.93. The van der Waals surface area contributed by atoms with E-state index >= 15 is 0 Å². The van der Waals surface area contributed by atoms with Crippen LogP contribution in [-0.4, -0.2) is 40.3 Å². The lowest BCUT2D eigenvalue weighted by Crippen LogP contribution is -2.44. The summed E-state index contributed by atoms with van der Waals surface area (Å²) in [4.78, 5) is 35.5. The van der Waals surface area contributed by atoms with Gasteiger partial charge in [0.2, 0.25) is 0 Å². The maximum atomic E-state index is 12.0. The van der Waals surface area contributed by atoms with E-state index in [2.05, 4.69) is 11.4 Å². The summed E-state index contributed by atoms with van der Waals surface area (Å²) in [6.07, 6.45) is -0.743. The first-order valence-electron chi connectivity index (χ1n) is 11.6. The van der Waals surface area contributed by atoms with Crippen molar-refractivity contribution in [3.8, 4) is 22.3 Å². The lowest BCUT2D eigenvalue weighted by molar-refractivity contribution is -0.138. The highest BCUT2D eigenvalue weighted by atomic mass is 32.2. The highest BCUT2D eigenvalue weighted by Crippen LogP contribution is 2.29. The molecule has 6 nitrogen and oxygen atoms in total. The molecule has 0 saturated carbocycles. The maximum Gasteiger partial charge on any atom is 0.408 e. The number of hydrogen-bond donors (Lipinski definition) is 2. The largest absolute Gasteiger partial charge is 0.480 e. The summed E-state index contributed by atoms with van der Waals surface area (Å²) in [5.41, 5.74) is 5.02. The van der Waals surface area contributed by atoms with Crippen LogP contribution >= 0.6 is 11.8 Å². The van der Waals surface area contributed by atoms with E-state index in [-0.39, 0.29) is 11.5 Å². The molecule has 0 fully saturated rings. The Morgan fingerprint density at radius 1 is 0.917 bits per heavy atom. The summed E-state index contributed by atoms with van der Waals surface area (Å²) >= 11 is 1.43. The summed E-state index contributed by atoms with van der Waals surface area (Å²) in [5, 5.41) is 11.8. The molecule has 36 heavy (non-hydrogen) atoms. The third-order valence-electron chi connectivity index (χ3n) is 5.31. The van der Waals surface area contributed by atoms with E-state index in [0.29, 0.717) is 11.3 Å². The molecule has 0 aliphatic rings. The van der Waals surface area contributed by atoms with Gasteiger partial charge in [-0.3, -0.25) is 4.79 Å². The smallest absolute Gasteiger partial charge is 0.408 e. The number of rotatable bonds is 9. The minimum Gasteiger partial charge on any atom is -0.480 e. The third-order valence-corrected chi connectivity index (χ3v) is 6.42. The fourth-order valence-electron chi connectivity index (χ4n) is 3.62. The molecule has 0 spiro atoms. The van der Waals surface area contributed by atoms with Crippen molar-refractivity contribution < 1.29 is 24.2 Å². The Morgan fingerprint density at radius 3 is 2.22 bits per heavy atom. The molecule has 3 rings (SSSR count). The zero-order chi connectivity index (χ0) is 26.3. The minimum absolute atomic E-state index is 0.0317. The van der Waals surface area contributed by atoms with Gasteiger partial charge in [-0.05, 0) is 61.6 Å². The van der Waals surface area contributed by atoms with Crippen molar-refractivity contribution in [1.82, 2.24) is 5.32 Å². The number of carbonyl (C=O) groups is 3. The van der Waals surface area contributed by atoms with Crippen molar-refractivity contribution in [2.75, 3.05) is 5.75 Å². The Bertz CT molecular complexity index is 1230. The lowest BCUT2D eigenvalue weighted by atomic mass is 9.94. The lowest BCUT2D eigenvalue weighted by Gasteiger charge is -2.21. The van der Waals surface area contributed by atoms with Crippen molar-refractivity contribution in [2.45, 2.75) is 45.1 Å². The van der Waals surface area contributed by atoms with Gasteiger partial charge in [-0.15, -0.1) is 0 Å². The van der Waals surface area contributed by atoms with E-state index in [1.807, 2.05) is 66.7 Å². The number of carboxylic acids is 1. The van der Waals surface area contributed by atoms with E-state index in [1.54, 1.807) is 27.7 Å². The van der Waals surface area contributed by atoms with Gasteiger partial charge in [-0.1, -0.05) is 66.7 Å². The molecule has 1 atom stereocenters. The van der Waals surface area contributed by atoms with Crippen LogP contribution in [0.4, 0.5) is 4.79 Å². The second-order valence-corrected chi connectivity index (χ2v) is 10.5. The first kappa shape index (κ1) is 27.0. The van der Waals surface area contributed by atoms with Gasteiger partial charge in [0.1, 0.15) is 11.6 Å². The molecule has 7 heteroatoms. The Hall–Kier alpha value is -3.58. The van der Waals surface area contributed by atoms with Gasteiger partial charge in [-0.25, -0.2) is 9.59 Å². The molecule has 2 N–H and O–H groups in total. The van der Waals surface area contributed by atoms with E-state index in [1.165, 1.54) is 11.8 Å². The number of amides is 1. The second kappa shape index (κ2) is 11.9. The molecule has 1 amide bonds. The van der Waals surface area contributed by atoms with E-state index < -0.39 is 23.7 Å². The molecule has 3 aromatic carbocycles. The van der Waals surface area contributed by atoms with Gasteiger partial charge < -0.3 is 15.2 Å². The number of benzene rings is 3. The number of aliphatic carboxylic acids is 1. The number of hydrogen-bond acceptors (Lipinski definition) is 5. The molecule has 0 saturated heterocycles. The molecule has 1 unspecified atom stereocenters. The van der Waals surface area contributed by atoms with Crippen molar-refractivity contribution >= 4 is 29.6 Å². The second-order valence-electron chi connectivity index (χ2n) is 9.43. The monoisotopic (exact) mass is 505 g/mol. The summed E-state index contributed by atoms with van der Waals surface area (Å²) in [6, 6.07) is 22.7. The van der Waals surface area contributed by atoms with Gasteiger partial charge in [0.25, 0.3) is 0 Å². The Labute approximate surface area is 216 Å². The van der Waals surface area contributed by atoms with Gasteiger partial charge in [0.05, 0.1) is 0 Å². The number of thioether (sulfide) groups is 1. The highest BCUT2D eigenvalue weighted by molar-refractivity contribution is 7.98. The standard InChI is InChI=1S/C29H31NO5S/c1-19(31)24-10-5-6-11-25(24)23-9-7-8-22(16-23)21-14-12-20(13-15-21)17-36-18-26(27(32)33)30-28(34)35-29(2,3)4/h5-16,26H,17-18H2,1-4H3,(H,30,34)(H,32,33). The van der Waals surface area contributed by atoms with Crippen LogP contribution in [0.25, 0.3) is 22.3 Å². The summed E-state index contributed by atoms with van der Waals surface area (Å²) in [6.45, 7) is 6.75. The van der Waals surface area contributed by atoms with Crippen LogP contribution in [0.3, 0.4) is 0 Å². The van der Waals surface area contributed by atoms with Gasteiger partial charge in [0, 0.05) is 17.1 Å². The average Bonchev–Trinajstić information content (AvgIpc) is 2.82. The van der Waals surface area contributed by atoms with Crippen LogP contribution in [0.1, 0.15) is 43.6 Å². The van der Waals surface area contributed by atoms with Crippen molar-refractivity contribution in [3.63, 3.8) is 0 Å². The molecule has 188 valence electrons. The predicted molar refractivity (Wildman–Crippen MR) is 144 cm³/mol. The SMILES string of the molecule is CC(=O)c1ccccc1-c1cccc(-c2ccc(CSCC(NC(=O)OC(C)(C)C)C(=O)O)cc2)c1. The topological polar surface area (TPSA) is 92.7 Å². The van der Waals surface area contributed by atoms with Crippen LogP contribution in [-0.2, 0) is 15.3 Å². The van der Waals surface area contributed by atoms with Crippen molar-refractivity contribution in [1.29, 1.82) is 0 Å². The average molecular weight is 506 g/mol. The quantitative estimate of drug-likeness (QED) is 0.325. The van der Waals surface area contributed by atoms with Crippen molar-refractivity contribution in [3.05, 3.63) is 83.9 Å². The summed E-state index contributed by atoms with van der Waals surface area (Å²) in [7, 11) is 0. The fraction of sp³-hybridized carbons (Fsp3) is 0.276. The van der Waals surface area contributed by atoms with Crippen LogP contribution in [0.5, 0.6) is 0 Å². The Morgan fingerprint density at radius 2 is 1.58 bits per heavy atom. The third kappa shape index (κ3) is 7.71. The zero-order valence-corrected chi connectivity index (χ0v) is 21.7. The fourth-order valence-corrected chi connectivity index (χ4v) is 4.63. The van der Waals surface area contributed by atoms with Crippen molar-refractivity contribution in [2.24, 2.45) is 0 Å². The van der Waals surface area contributed by atoms with Crippen LogP contribution < -0.4 is 5.32 Å². The minimum atomic E-state index is -1.10. The first-order chi connectivity index (χ1) is 17.0. The molecule has 0 radical (unpaired) electrons. The van der Waals surface area contributed by atoms with Gasteiger partial charge >= 0.3 is 12.1 Å². The number of alkyl carbamates (subject to hydrolysis) is 1. The molecule has 0 aliphatic heterocycles. The normalized spacial score (nSPS) is 12.0. The van der Waals surface area contributed by atoms with Gasteiger partial charge in [0.15, 0.2) is 5.78 Å². The van der Waals surface area contributed by atoms with Gasteiger partial charge in [-0.2, -0.15) is 11.8 Å². The molecular formula is C29H31NO5S. The summed E-state index contributed by atoms with van der Waals surface area (Å²) < 4.78 is 5.15. The molecule has 0 heterocycles. The Balaban J connectivity index is 1.64. The number of ether oxygens (including phenoxy) is 1. The molecule has 0 bridgehead atoms. The highest BCUT2D eigenvalue weighted by Gasteiger charge is 2.23. The zero-order valence-electron chi connectivity index (χ0n) is 20.9.